The molecule has 1 saturated heterocycles. The molecule has 6 heteroatoms. The minimum absolute atomic E-state index is 0.0157. The molecular weight excluding hydrogens is 234 g/mol. The Bertz CT molecular complexity index is 472. The maximum atomic E-state index is 12.0. The van der Waals surface area contributed by atoms with Crippen LogP contribution in [0, 0.1) is 0 Å². The molecule has 0 unspecified atom stereocenters. The molecule has 0 spiro atoms. The number of hydrogen-bond acceptors (Lipinski definition) is 4. The second-order valence-electron chi connectivity index (χ2n) is 4.26. The van der Waals surface area contributed by atoms with Crippen molar-refractivity contribution in [2.45, 2.75) is 18.6 Å². The number of methoxy groups -OCH3 is 1. The van der Waals surface area contributed by atoms with E-state index in [0.717, 1.165) is 13.0 Å². The van der Waals surface area contributed by atoms with Gasteiger partial charge in [-0.3, -0.25) is 9.59 Å². The van der Waals surface area contributed by atoms with Gasteiger partial charge in [-0.1, -0.05) is 0 Å². The number of amides is 1. The van der Waals surface area contributed by atoms with E-state index in [1.165, 1.54) is 12.3 Å². The molecular formula is C12H17N3O3. The second kappa shape index (κ2) is 5.79. The fourth-order valence-electron chi connectivity index (χ4n) is 2.11. The van der Waals surface area contributed by atoms with Gasteiger partial charge in [0.2, 0.25) is 0 Å². The third-order valence-corrected chi connectivity index (χ3v) is 3.10. The van der Waals surface area contributed by atoms with E-state index in [-0.39, 0.29) is 29.2 Å². The number of carbonyl (C=O) groups is 1. The molecule has 6 nitrogen and oxygen atoms in total. The molecule has 0 aromatic carbocycles. The van der Waals surface area contributed by atoms with Crippen LogP contribution in [0.5, 0.6) is 0 Å². The number of nitrogens with one attached hydrogen (secondary N) is 3. The highest BCUT2D eigenvalue weighted by Gasteiger charge is 2.26. The average molecular weight is 251 g/mol. The van der Waals surface area contributed by atoms with E-state index in [2.05, 4.69) is 15.6 Å². The summed E-state index contributed by atoms with van der Waals surface area (Å²) in [5, 5.41) is 6.02. The smallest absolute Gasteiger partial charge is 0.260 e. The summed E-state index contributed by atoms with van der Waals surface area (Å²) in [7, 11) is 1.63. The molecule has 2 rings (SSSR count). The summed E-state index contributed by atoms with van der Waals surface area (Å²) in [6.07, 6.45) is 2.32. The lowest BCUT2D eigenvalue weighted by Crippen LogP contribution is -2.54. The first kappa shape index (κ1) is 12.8. The van der Waals surface area contributed by atoms with Gasteiger partial charge in [-0.05, 0) is 25.1 Å². The highest BCUT2D eigenvalue weighted by molar-refractivity contribution is 5.94. The molecule has 1 aliphatic heterocycles. The van der Waals surface area contributed by atoms with E-state index in [4.69, 9.17) is 4.74 Å². The zero-order chi connectivity index (χ0) is 13.0. The summed E-state index contributed by atoms with van der Waals surface area (Å²) in [5.41, 5.74) is -0.259. The van der Waals surface area contributed by atoms with Crippen LogP contribution in [0.15, 0.2) is 23.1 Å². The zero-order valence-corrected chi connectivity index (χ0v) is 10.2. The van der Waals surface area contributed by atoms with Crippen molar-refractivity contribution in [1.82, 2.24) is 15.6 Å². The summed E-state index contributed by atoms with van der Waals surface area (Å²) < 4.78 is 5.33. The highest BCUT2D eigenvalue weighted by Crippen LogP contribution is 2.07. The number of pyridine rings is 1. The summed E-state index contributed by atoms with van der Waals surface area (Å²) in [5.74, 6) is -0.368. The molecule has 0 bridgehead atoms. The van der Waals surface area contributed by atoms with E-state index >= 15 is 0 Å². The van der Waals surface area contributed by atoms with Crippen LogP contribution in [0.4, 0.5) is 0 Å². The number of aromatic amines is 1. The number of aromatic nitrogens is 1. The molecule has 2 heterocycles. The van der Waals surface area contributed by atoms with Gasteiger partial charge in [0.15, 0.2) is 0 Å². The quantitative estimate of drug-likeness (QED) is 0.675. The van der Waals surface area contributed by atoms with Crippen molar-refractivity contribution in [1.29, 1.82) is 0 Å². The lowest BCUT2D eigenvalue weighted by molar-refractivity contribution is 0.0447. The van der Waals surface area contributed by atoms with Crippen LogP contribution in [-0.4, -0.2) is 43.2 Å². The maximum Gasteiger partial charge on any atom is 0.260 e. The minimum Gasteiger partial charge on any atom is -0.379 e. The Morgan fingerprint density at radius 1 is 1.56 bits per heavy atom. The highest BCUT2D eigenvalue weighted by atomic mass is 16.5. The molecule has 0 saturated carbocycles. The van der Waals surface area contributed by atoms with Crippen LogP contribution in [0.1, 0.15) is 16.8 Å². The van der Waals surface area contributed by atoms with Crippen LogP contribution < -0.4 is 16.2 Å². The van der Waals surface area contributed by atoms with Gasteiger partial charge in [0.05, 0.1) is 12.1 Å². The SMILES string of the molecule is CO[C@@H]1CCNC[C@@H]1NC(=O)c1ccc[nH]c1=O. The Hall–Kier alpha value is -1.66. The Kier molecular flexibility index (Phi) is 4.11. The van der Waals surface area contributed by atoms with Crippen molar-refractivity contribution in [2.75, 3.05) is 20.2 Å². The molecule has 0 radical (unpaired) electrons. The molecule has 1 aromatic rings. The molecule has 18 heavy (non-hydrogen) atoms. The number of carbonyl (C=O) groups excluding carboxylic acids is 1. The summed E-state index contributed by atoms with van der Waals surface area (Å²) in [6, 6.07) is 3.02. The first-order valence-electron chi connectivity index (χ1n) is 5.94. The summed E-state index contributed by atoms with van der Waals surface area (Å²) in [6.45, 7) is 1.52. The molecule has 1 aliphatic rings. The van der Waals surface area contributed by atoms with E-state index in [1.54, 1.807) is 13.2 Å². The maximum absolute atomic E-state index is 12.0. The number of hydrogen-bond donors (Lipinski definition) is 3. The zero-order valence-electron chi connectivity index (χ0n) is 10.2. The van der Waals surface area contributed by atoms with Gasteiger partial charge in [-0.2, -0.15) is 0 Å². The Labute approximate surface area is 105 Å². The Morgan fingerprint density at radius 3 is 3.11 bits per heavy atom. The Morgan fingerprint density at radius 2 is 2.39 bits per heavy atom. The van der Waals surface area contributed by atoms with E-state index < -0.39 is 0 Å². The first-order valence-corrected chi connectivity index (χ1v) is 5.94. The lowest BCUT2D eigenvalue weighted by Gasteiger charge is -2.31. The average Bonchev–Trinajstić information content (AvgIpc) is 2.39. The molecule has 2 atom stereocenters. The normalized spacial score (nSPS) is 23.6. The van der Waals surface area contributed by atoms with Crippen molar-refractivity contribution in [3.63, 3.8) is 0 Å². The number of piperidine rings is 1. The largest absolute Gasteiger partial charge is 0.379 e. The molecule has 0 aliphatic carbocycles. The number of ether oxygens (including phenoxy) is 1. The molecule has 1 amide bonds. The van der Waals surface area contributed by atoms with Crippen LogP contribution in [0.25, 0.3) is 0 Å². The number of rotatable bonds is 3. The van der Waals surface area contributed by atoms with E-state index in [0.29, 0.717) is 6.54 Å². The fourth-order valence-corrected chi connectivity index (χ4v) is 2.11. The van der Waals surface area contributed by atoms with Crippen LogP contribution in [0.2, 0.25) is 0 Å². The van der Waals surface area contributed by atoms with Gasteiger partial charge in [-0.25, -0.2) is 0 Å². The van der Waals surface area contributed by atoms with Crippen molar-refractivity contribution < 1.29 is 9.53 Å². The van der Waals surface area contributed by atoms with Gasteiger partial charge in [0.1, 0.15) is 5.56 Å². The number of H-pyrrole nitrogens is 1. The molecule has 1 fully saturated rings. The lowest BCUT2D eigenvalue weighted by atomic mass is 10.0. The van der Waals surface area contributed by atoms with Crippen LogP contribution >= 0.6 is 0 Å². The van der Waals surface area contributed by atoms with Crippen molar-refractivity contribution in [3.05, 3.63) is 34.2 Å². The van der Waals surface area contributed by atoms with Gasteiger partial charge >= 0.3 is 0 Å². The van der Waals surface area contributed by atoms with Gasteiger partial charge in [0.25, 0.3) is 11.5 Å². The van der Waals surface area contributed by atoms with Gasteiger partial charge < -0.3 is 20.4 Å². The summed E-state index contributed by atoms with van der Waals surface area (Å²) in [4.78, 5) is 26.0. The fraction of sp³-hybridized carbons (Fsp3) is 0.500. The monoisotopic (exact) mass is 251 g/mol. The van der Waals surface area contributed by atoms with E-state index in [1.807, 2.05) is 0 Å². The predicted octanol–water partition coefficient (Wildman–Crippen LogP) is -0.518. The van der Waals surface area contributed by atoms with Gasteiger partial charge in [-0.15, -0.1) is 0 Å². The van der Waals surface area contributed by atoms with Crippen molar-refractivity contribution >= 4 is 5.91 Å². The predicted molar refractivity (Wildman–Crippen MR) is 66.6 cm³/mol. The van der Waals surface area contributed by atoms with Crippen LogP contribution in [-0.2, 0) is 4.74 Å². The van der Waals surface area contributed by atoms with Crippen molar-refractivity contribution in [3.8, 4) is 0 Å². The van der Waals surface area contributed by atoms with Crippen LogP contribution in [0.3, 0.4) is 0 Å². The first-order chi connectivity index (χ1) is 8.72. The third-order valence-electron chi connectivity index (χ3n) is 3.10. The molecule has 98 valence electrons. The van der Waals surface area contributed by atoms with Gasteiger partial charge in [0, 0.05) is 19.9 Å². The molecule has 3 N–H and O–H groups in total. The van der Waals surface area contributed by atoms with Crippen molar-refractivity contribution in [2.24, 2.45) is 0 Å². The molecule has 1 aromatic heterocycles. The second-order valence-corrected chi connectivity index (χ2v) is 4.26. The standard InChI is InChI=1S/C12H17N3O3/c1-18-10-4-6-13-7-9(10)15-12(17)8-3-2-5-14-11(8)16/h2-3,5,9-10,13H,4,6-7H2,1H3,(H,14,16)(H,15,17)/t9-,10+/m0/s1. The topological polar surface area (TPSA) is 83.2 Å². The summed E-state index contributed by atoms with van der Waals surface area (Å²) >= 11 is 0. The third kappa shape index (κ3) is 2.77. The van der Waals surface area contributed by atoms with E-state index in [9.17, 15) is 9.59 Å². The Balaban J connectivity index is 2.07. The minimum atomic E-state index is -0.382.